The number of aryl methyl sites for hydroxylation is 1. The van der Waals surface area contributed by atoms with Crippen LogP contribution >= 0.6 is 0 Å². The zero-order valence-electron chi connectivity index (χ0n) is 11.8. The van der Waals surface area contributed by atoms with Gasteiger partial charge < -0.3 is 4.74 Å². The molecular weight excluding hydrogens is 252 g/mol. The first-order valence-corrected chi connectivity index (χ1v) is 6.92. The molecule has 0 saturated carbocycles. The average Bonchev–Trinajstić information content (AvgIpc) is 2.48. The van der Waals surface area contributed by atoms with Gasteiger partial charge in [-0.1, -0.05) is 6.92 Å². The summed E-state index contributed by atoms with van der Waals surface area (Å²) < 4.78 is 6.95. The van der Waals surface area contributed by atoms with Crippen molar-refractivity contribution < 1.29 is 4.74 Å². The zero-order valence-corrected chi connectivity index (χ0v) is 11.8. The lowest BCUT2D eigenvalue weighted by atomic mass is 10.0. The van der Waals surface area contributed by atoms with Crippen LogP contribution in [0, 0.1) is 5.92 Å². The first-order chi connectivity index (χ1) is 9.67. The predicted molar refractivity (Wildman–Crippen MR) is 78.0 cm³/mol. The van der Waals surface area contributed by atoms with E-state index in [9.17, 15) is 4.79 Å². The second-order valence-corrected chi connectivity index (χ2v) is 5.38. The molecule has 0 aliphatic carbocycles. The summed E-state index contributed by atoms with van der Waals surface area (Å²) in [6.45, 7) is 2.96. The maximum atomic E-state index is 12.2. The van der Waals surface area contributed by atoms with Crippen LogP contribution in [0.4, 0.5) is 0 Å². The summed E-state index contributed by atoms with van der Waals surface area (Å²) in [5.41, 5.74) is 1.75. The Hall–Kier alpha value is -2.10. The molecule has 4 heteroatoms. The molecule has 0 saturated heterocycles. The van der Waals surface area contributed by atoms with Crippen LogP contribution in [0.3, 0.4) is 0 Å². The van der Waals surface area contributed by atoms with E-state index in [-0.39, 0.29) is 5.56 Å². The highest BCUT2D eigenvalue weighted by Gasteiger charge is 2.18. The Balaban J connectivity index is 2.02. The van der Waals surface area contributed by atoms with Crippen molar-refractivity contribution in [2.45, 2.75) is 26.3 Å². The van der Waals surface area contributed by atoms with E-state index in [2.05, 4.69) is 11.9 Å². The van der Waals surface area contributed by atoms with Crippen molar-refractivity contribution in [3.8, 4) is 17.0 Å². The van der Waals surface area contributed by atoms with Crippen molar-refractivity contribution in [3.63, 3.8) is 0 Å². The molecule has 3 rings (SSSR count). The molecule has 0 radical (unpaired) electrons. The molecule has 0 unspecified atom stereocenters. The third-order valence-corrected chi connectivity index (χ3v) is 3.83. The van der Waals surface area contributed by atoms with E-state index in [4.69, 9.17) is 4.74 Å². The summed E-state index contributed by atoms with van der Waals surface area (Å²) in [4.78, 5) is 16.9. The zero-order chi connectivity index (χ0) is 14.1. The number of hydrogen-bond acceptors (Lipinski definition) is 3. The van der Waals surface area contributed by atoms with Gasteiger partial charge in [0.05, 0.1) is 12.8 Å². The van der Waals surface area contributed by atoms with Crippen LogP contribution in [-0.2, 0) is 13.0 Å². The van der Waals surface area contributed by atoms with Crippen LogP contribution in [0.15, 0.2) is 35.1 Å². The first kappa shape index (κ1) is 12.9. The van der Waals surface area contributed by atoms with Crippen molar-refractivity contribution in [3.05, 3.63) is 46.5 Å². The largest absolute Gasteiger partial charge is 0.497 e. The molecule has 104 valence electrons. The van der Waals surface area contributed by atoms with Gasteiger partial charge in [-0.15, -0.1) is 0 Å². The van der Waals surface area contributed by atoms with Gasteiger partial charge in [0.2, 0.25) is 0 Å². The van der Waals surface area contributed by atoms with Crippen molar-refractivity contribution in [1.82, 2.24) is 9.55 Å². The number of benzene rings is 1. The van der Waals surface area contributed by atoms with Gasteiger partial charge in [0, 0.05) is 24.6 Å². The van der Waals surface area contributed by atoms with Gasteiger partial charge in [-0.05, 0) is 36.6 Å². The lowest BCUT2D eigenvalue weighted by Gasteiger charge is -2.22. The van der Waals surface area contributed by atoms with Gasteiger partial charge in [0.1, 0.15) is 11.6 Å². The minimum atomic E-state index is 0.0485. The number of ether oxygens (including phenoxy) is 1. The van der Waals surface area contributed by atoms with Crippen molar-refractivity contribution >= 4 is 0 Å². The Morgan fingerprint density at radius 1 is 1.30 bits per heavy atom. The topological polar surface area (TPSA) is 44.1 Å². The smallest absolute Gasteiger partial charge is 0.254 e. The molecule has 1 atom stereocenters. The summed E-state index contributed by atoms with van der Waals surface area (Å²) in [6.07, 6.45) is 1.97. The molecule has 0 bridgehead atoms. The molecule has 1 aliphatic rings. The Kier molecular flexibility index (Phi) is 3.30. The van der Waals surface area contributed by atoms with Gasteiger partial charge in [0.25, 0.3) is 5.56 Å². The molecule has 20 heavy (non-hydrogen) atoms. The second-order valence-electron chi connectivity index (χ2n) is 5.38. The number of rotatable bonds is 2. The molecule has 1 aliphatic heterocycles. The van der Waals surface area contributed by atoms with E-state index in [1.165, 1.54) is 0 Å². The molecule has 0 fully saturated rings. The summed E-state index contributed by atoms with van der Waals surface area (Å²) in [6, 6.07) is 9.27. The van der Waals surface area contributed by atoms with E-state index in [1.54, 1.807) is 17.7 Å². The summed E-state index contributed by atoms with van der Waals surface area (Å²) in [5.74, 6) is 2.26. The minimum Gasteiger partial charge on any atom is -0.497 e. The fourth-order valence-electron chi connectivity index (χ4n) is 2.63. The van der Waals surface area contributed by atoms with Crippen LogP contribution in [0.2, 0.25) is 0 Å². The van der Waals surface area contributed by atoms with E-state index in [1.807, 2.05) is 24.3 Å². The quantitative estimate of drug-likeness (QED) is 0.842. The van der Waals surface area contributed by atoms with Crippen LogP contribution in [-0.4, -0.2) is 16.7 Å². The predicted octanol–water partition coefficient (Wildman–Crippen LogP) is 2.50. The normalized spacial score (nSPS) is 17.6. The maximum Gasteiger partial charge on any atom is 0.254 e. The van der Waals surface area contributed by atoms with E-state index >= 15 is 0 Å². The van der Waals surface area contributed by atoms with Crippen LogP contribution in [0.25, 0.3) is 11.3 Å². The Bertz CT molecular complexity index is 674. The van der Waals surface area contributed by atoms with E-state index < -0.39 is 0 Å². The maximum absolute atomic E-state index is 12.2. The van der Waals surface area contributed by atoms with E-state index in [0.717, 1.165) is 42.2 Å². The molecule has 0 amide bonds. The van der Waals surface area contributed by atoms with Crippen molar-refractivity contribution in [2.24, 2.45) is 5.92 Å². The first-order valence-electron chi connectivity index (χ1n) is 6.92. The SMILES string of the molecule is COc1ccc(-c2cc(=O)n3c(n2)CC[C@H](C)C3)cc1. The average molecular weight is 270 g/mol. The van der Waals surface area contributed by atoms with Gasteiger partial charge in [0.15, 0.2) is 0 Å². The van der Waals surface area contributed by atoms with Crippen molar-refractivity contribution in [1.29, 1.82) is 0 Å². The second kappa shape index (κ2) is 5.12. The van der Waals surface area contributed by atoms with Gasteiger partial charge in [-0.25, -0.2) is 4.98 Å². The third kappa shape index (κ3) is 2.33. The Morgan fingerprint density at radius 2 is 2.05 bits per heavy atom. The van der Waals surface area contributed by atoms with Gasteiger partial charge >= 0.3 is 0 Å². The minimum absolute atomic E-state index is 0.0485. The molecule has 4 nitrogen and oxygen atoms in total. The lowest BCUT2D eigenvalue weighted by molar-refractivity contribution is 0.379. The van der Waals surface area contributed by atoms with Gasteiger partial charge in [-0.2, -0.15) is 0 Å². The lowest BCUT2D eigenvalue weighted by Crippen LogP contribution is -2.31. The molecule has 2 heterocycles. The third-order valence-electron chi connectivity index (χ3n) is 3.83. The summed E-state index contributed by atoms with van der Waals surface area (Å²) >= 11 is 0. The number of nitrogens with zero attached hydrogens (tertiary/aromatic N) is 2. The number of methoxy groups -OCH3 is 1. The monoisotopic (exact) mass is 270 g/mol. The van der Waals surface area contributed by atoms with Gasteiger partial charge in [-0.3, -0.25) is 9.36 Å². The highest BCUT2D eigenvalue weighted by atomic mass is 16.5. The highest BCUT2D eigenvalue weighted by Crippen LogP contribution is 2.22. The highest BCUT2D eigenvalue weighted by molar-refractivity contribution is 5.59. The fourth-order valence-corrected chi connectivity index (χ4v) is 2.63. The van der Waals surface area contributed by atoms with Crippen molar-refractivity contribution in [2.75, 3.05) is 7.11 Å². The molecular formula is C16H18N2O2. The number of aromatic nitrogens is 2. The Morgan fingerprint density at radius 3 is 2.75 bits per heavy atom. The van der Waals surface area contributed by atoms with Crippen LogP contribution in [0.1, 0.15) is 19.2 Å². The summed E-state index contributed by atoms with van der Waals surface area (Å²) in [7, 11) is 1.64. The number of fused-ring (bicyclic) bond motifs is 1. The molecule has 1 aromatic carbocycles. The standard InChI is InChI=1S/C16H18N2O2/c1-11-3-8-15-17-14(9-16(19)18(15)10-11)12-4-6-13(20-2)7-5-12/h4-7,9,11H,3,8,10H2,1-2H3/t11-/m0/s1. The van der Waals surface area contributed by atoms with E-state index in [0.29, 0.717) is 5.92 Å². The summed E-state index contributed by atoms with van der Waals surface area (Å²) in [5, 5.41) is 0. The van der Waals surface area contributed by atoms with Crippen LogP contribution < -0.4 is 10.3 Å². The molecule has 0 spiro atoms. The fraction of sp³-hybridized carbons (Fsp3) is 0.375. The molecule has 1 aromatic heterocycles. The number of hydrogen-bond donors (Lipinski definition) is 0. The molecule has 2 aromatic rings. The van der Waals surface area contributed by atoms with Crippen LogP contribution in [0.5, 0.6) is 5.75 Å². The Labute approximate surface area is 118 Å². The molecule has 0 N–H and O–H groups in total.